The summed E-state index contributed by atoms with van der Waals surface area (Å²) in [5.41, 5.74) is 0.585. The predicted octanol–water partition coefficient (Wildman–Crippen LogP) is 3.13. The van der Waals surface area contributed by atoms with E-state index in [1.165, 1.54) is 0 Å². The van der Waals surface area contributed by atoms with E-state index in [2.05, 4.69) is 22.3 Å². The lowest BCUT2D eigenvalue weighted by Crippen LogP contribution is -2.29. The molecule has 0 aromatic heterocycles. The molecule has 0 unspecified atom stereocenters. The third kappa shape index (κ3) is 5.89. The monoisotopic (exact) mass is 250 g/mol. The van der Waals surface area contributed by atoms with Crippen molar-refractivity contribution in [3.63, 3.8) is 0 Å². The van der Waals surface area contributed by atoms with E-state index in [4.69, 9.17) is 0 Å². The molecule has 0 heterocycles. The highest BCUT2D eigenvalue weighted by atomic mass is 16.6. The predicted molar refractivity (Wildman–Crippen MR) is 69.5 cm³/mol. The maximum Gasteiger partial charge on any atom is 0.420 e. The average Bonchev–Trinajstić information content (AvgIpc) is 2.35. The average molecular weight is 250 g/mol. The normalized spacial score (nSPS) is 9.61. The summed E-state index contributed by atoms with van der Waals surface area (Å²) in [6.07, 6.45) is 1.49. The number of ether oxygens (including phenoxy) is 1. The van der Waals surface area contributed by atoms with E-state index in [0.717, 1.165) is 19.3 Å². The van der Waals surface area contributed by atoms with Crippen LogP contribution in [0.3, 0.4) is 0 Å². The maximum atomic E-state index is 11.3. The highest BCUT2D eigenvalue weighted by molar-refractivity contribution is 5.92. The number of para-hydroxylation sites is 1. The van der Waals surface area contributed by atoms with Gasteiger partial charge in [-0.2, -0.15) is 0 Å². The van der Waals surface area contributed by atoms with Gasteiger partial charge in [0, 0.05) is 12.2 Å². The van der Waals surface area contributed by atoms with E-state index in [1.54, 1.807) is 24.3 Å². The SMILES string of the molecule is CCCCCNC(=O)OC(=O)Nc1ccccc1. The number of benzene rings is 1. The molecule has 0 spiro atoms. The lowest BCUT2D eigenvalue weighted by molar-refractivity contribution is 0.159. The van der Waals surface area contributed by atoms with Gasteiger partial charge in [-0.3, -0.25) is 5.32 Å². The van der Waals surface area contributed by atoms with Crippen molar-refractivity contribution >= 4 is 17.9 Å². The molecule has 5 heteroatoms. The summed E-state index contributed by atoms with van der Waals surface area (Å²) in [6, 6.07) is 8.80. The molecule has 0 fully saturated rings. The Labute approximate surface area is 107 Å². The zero-order chi connectivity index (χ0) is 13.2. The minimum Gasteiger partial charge on any atom is -0.359 e. The molecule has 0 bridgehead atoms. The van der Waals surface area contributed by atoms with E-state index in [9.17, 15) is 9.59 Å². The molecule has 18 heavy (non-hydrogen) atoms. The minimum absolute atomic E-state index is 0.519. The van der Waals surface area contributed by atoms with Crippen LogP contribution in [0.4, 0.5) is 15.3 Å². The Kier molecular flexibility index (Phi) is 6.32. The fourth-order valence-corrected chi connectivity index (χ4v) is 1.35. The fraction of sp³-hybridized carbons (Fsp3) is 0.385. The number of anilines is 1. The van der Waals surface area contributed by atoms with Crippen LogP contribution in [0, 0.1) is 0 Å². The molecular weight excluding hydrogens is 232 g/mol. The number of rotatable bonds is 5. The first-order valence-electron chi connectivity index (χ1n) is 6.04. The summed E-state index contributed by atoms with van der Waals surface area (Å²) in [7, 11) is 0. The Balaban J connectivity index is 2.21. The van der Waals surface area contributed by atoms with Gasteiger partial charge in [-0.05, 0) is 18.6 Å². The Hall–Kier alpha value is -2.04. The molecule has 2 N–H and O–H groups in total. The van der Waals surface area contributed by atoms with Crippen LogP contribution in [-0.4, -0.2) is 18.7 Å². The van der Waals surface area contributed by atoms with Gasteiger partial charge < -0.3 is 10.1 Å². The minimum atomic E-state index is -0.783. The lowest BCUT2D eigenvalue weighted by atomic mass is 10.2. The smallest absolute Gasteiger partial charge is 0.359 e. The second kappa shape index (κ2) is 8.11. The number of alkyl carbamates (subject to hydrolysis) is 1. The van der Waals surface area contributed by atoms with Crippen LogP contribution < -0.4 is 10.6 Å². The van der Waals surface area contributed by atoms with Crippen molar-refractivity contribution < 1.29 is 14.3 Å². The van der Waals surface area contributed by atoms with Gasteiger partial charge in [0.1, 0.15) is 0 Å². The summed E-state index contributed by atoms with van der Waals surface area (Å²) in [5, 5.41) is 4.96. The first-order valence-corrected chi connectivity index (χ1v) is 6.04. The van der Waals surface area contributed by atoms with Gasteiger partial charge >= 0.3 is 12.2 Å². The molecule has 1 aromatic carbocycles. The molecule has 0 radical (unpaired) electrons. The molecule has 5 nitrogen and oxygen atoms in total. The van der Waals surface area contributed by atoms with Crippen LogP contribution in [0.15, 0.2) is 30.3 Å². The number of amides is 2. The van der Waals surface area contributed by atoms with Crippen molar-refractivity contribution in [1.82, 2.24) is 5.32 Å². The summed E-state index contributed by atoms with van der Waals surface area (Å²) < 4.78 is 4.53. The van der Waals surface area contributed by atoms with E-state index in [0.29, 0.717) is 12.2 Å². The molecule has 0 saturated carbocycles. The van der Waals surface area contributed by atoms with Gasteiger partial charge in [0.2, 0.25) is 0 Å². The molecule has 2 amide bonds. The lowest BCUT2D eigenvalue weighted by Gasteiger charge is -2.06. The number of carbonyl (C=O) groups excluding carboxylic acids is 2. The molecule has 0 atom stereocenters. The van der Waals surface area contributed by atoms with Gasteiger partial charge in [-0.15, -0.1) is 0 Å². The largest absolute Gasteiger partial charge is 0.420 e. The zero-order valence-corrected chi connectivity index (χ0v) is 10.4. The summed E-state index contributed by atoms with van der Waals surface area (Å²) in [4.78, 5) is 22.5. The van der Waals surface area contributed by atoms with Gasteiger partial charge in [-0.25, -0.2) is 9.59 Å². The van der Waals surface area contributed by atoms with Crippen LogP contribution in [0.5, 0.6) is 0 Å². The number of hydrogen-bond acceptors (Lipinski definition) is 3. The summed E-state index contributed by atoms with van der Waals surface area (Å²) in [6.45, 7) is 2.59. The third-order valence-electron chi connectivity index (χ3n) is 2.26. The van der Waals surface area contributed by atoms with Gasteiger partial charge in [0.15, 0.2) is 0 Å². The first-order chi connectivity index (χ1) is 8.72. The van der Waals surface area contributed by atoms with E-state index >= 15 is 0 Å². The molecule has 0 aliphatic carbocycles. The van der Waals surface area contributed by atoms with Gasteiger partial charge in [0.25, 0.3) is 0 Å². The quantitative estimate of drug-likeness (QED) is 0.623. The molecule has 1 aromatic rings. The van der Waals surface area contributed by atoms with Crippen LogP contribution >= 0.6 is 0 Å². The first kappa shape index (κ1) is 14.0. The van der Waals surface area contributed by atoms with Gasteiger partial charge in [-0.1, -0.05) is 38.0 Å². The van der Waals surface area contributed by atoms with Crippen LogP contribution in [0.2, 0.25) is 0 Å². The van der Waals surface area contributed by atoms with E-state index in [-0.39, 0.29) is 0 Å². The second-order valence-corrected chi connectivity index (χ2v) is 3.80. The zero-order valence-electron chi connectivity index (χ0n) is 10.4. The summed E-state index contributed by atoms with van der Waals surface area (Å²) in [5.74, 6) is 0. The maximum absolute atomic E-state index is 11.3. The standard InChI is InChI=1S/C13H18N2O3/c1-2-3-7-10-14-12(16)18-13(17)15-11-8-5-4-6-9-11/h4-6,8-9H,2-3,7,10H2,1H3,(H,14,16)(H,15,17). The Bertz CT molecular complexity index is 379. The highest BCUT2D eigenvalue weighted by Crippen LogP contribution is 2.05. The van der Waals surface area contributed by atoms with Crippen molar-refractivity contribution in [1.29, 1.82) is 0 Å². The molecule has 1 rings (SSSR count). The fourth-order valence-electron chi connectivity index (χ4n) is 1.35. The van der Waals surface area contributed by atoms with Crippen molar-refractivity contribution in [3.8, 4) is 0 Å². The number of unbranched alkanes of at least 4 members (excludes halogenated alkanes) is 2. The van der Waals surface area contributed by atoms with Gasteiger partial charge in [0.05, 0.1) is 0 Å². The Morgan fingerprint density at radius 3 is 2.50 bits per heavy atom. The van der Waals surface area contributed by atoms with Crippen molar-refractivity contribution in [3.05, 3.63) is 30.3 Å². The molecule has 98 valence electrons. The topological polar surface area (TPSA) is 67.4 Å². The van der Waals surface area contributed by atoms with Crippen LogP contribution in [0.1, 0.15) is 26.2 Å². The molecule has 0 aliphatic rings. The van der Waals surface area contributed by atoms with Crippen LogP contribution in [-0.2, 0) is 4.74 Å². The van der Waals surface area contributed by atoms with E-state index < -0.39 is 12.2 Å². The second-order valence-electron chi connectivity index (χ2n) is 3.80. The van der Waals surface area contributed by atoms with Crippen molar-refractivity contribution in [2.75, 3.05) is 11.9 Å². The molecule has 0 aliphatic heterocycles. The highest BCUT2D eigenvalue weighted by Gasteiger charge is 2.09. The van der Waals surface area contributed by atoms with Crippen molar-refractivity contribution in [2.45, 2.75) is 26.2 Å². The molecule has 0 saturated heterocycles. The number of nitrogens with one attached hydrogen (secondary N) is 2. The van der Waals surface area contributed by atoms with Crippen molar-refractivity contribution in [2.24, 2.45) is 0 Å². The van der Waals surface area contributed by atoms with Crippen LogP contribution in [0.25, 0.3) is 0 Å². The Morgan fingerprint density at radius 1 is 1.11 bits per heavy atom. The third-order valence-corrected chi connectivity index (χ3v) is 2.26. The Morgan fingerprint density at radius 2 is 1.83 bits per heavy atom. The number of hydrogen-bond donors (Lipinski definition) is 2. The number of carbonyl (C=O) groups is 2. The molecular formula is C13H18N2O3. The summed E-state index contributed by atoms with van der Waals surface area (Å²) >= 11 is 0. The van der Waals surface area contributed by atoms with E-state index in [1.807, 2.05) is 6.07 Å².